The first kappa shape index (κ1) is 16.2. The minimum atomic E-state index is -1.09. The Balaban J connectivity index is 2.20. The Morgan fingerprint density at radius 2 is 2.00 bits per heavy atom. The third-order valence-electron chi connectivity index (χ3n) is 3.17. The SMILES string of the molecule is CCCc1nc(C)c(C(=O)N[C@@H](C(=O)O)c2ccccc2)s1. The van der Waals surface area contributed by atoms with Gasteiger partial charge in [-0.3, -0.25) is 4.79 Å². The molecule has 1 heterocycles. The average molecular weight is 318 g/mol. The number of benzene rings is 1. The molecular weight excluding hydrogens is 300 g/mol. The van der Waals surface area contributed by atoms with Crippen LogP contribution in [0.25, 0.3) is 0 Å². The maximum Gasteiger partial charge on any atom is 0.330 e. The van der Waals surface area contributed by atoms with E-state index < -0.39 is 17.9 Å². The van der Waals surface area contributed by atoms with Gasteiger partial charge in [0.25, 0.3) is 5.91 Å². The zero-order valence-corrected chi connectivity index (χ0v) is 13.3. The van der Waals surface area contributed by atoms with Gasteiger partial charge in [0.15, 0.2) is 6.04 Å². The number of aromatic nitrogens is 1. The van der Waals surface area contributed by atoms with Crippen LogP contribution < -0.4 is 5.32 Å². The monoisotopic (exact) mass is 318 g/mol. The van der Waals surface area contributed by atoms with Crippen molar-refractivity contribution in [1.29, 1.82) is 0 Å². The highest BCUT2D eigenvalue weighted by Crippen LogP contribution is 2.21. The number of carbonyl (C=O) groups is 2. The van der Waals surface area contributed by atoms with E-state index in [1.54, 1.807) is 37.3 Å². The van der Waals surface area contributed by atoms with E-state index >= 15 is 0 Å². The van der Waals surface area contributed by atoms with Gasteiger partial charge >= 0.3 is 5.97 Å². The summed E-state index contributed by atoms with van der Waals surface area (Å²) < 4.78 is 0. The van der Waals surface area contributed by atoms with Crippen molar-refractivity contribution in [2.75, 3.05) is 0 Å². The Labute approximate surface area is 133 Å². The van der Waals surface area contributed by atoms with Gasteiger partial charge in [-0.2, -0.15) is 0 Å². The van der Waals surface area contributed by atoms with E-state index in [1.165, 1.54) is 11.3 Å². The summed E-state index contributed by atoms with van der Waals surface area (Å²) in [6.07, 6.45) is 1.77. The predicted octanol–water partition coefficient (Wildman–Crippen LogP) is 2.96. The number of carbonyl (C=O) groups excluding carboxylic acids is 1. The van der Waals surface area contributed by atoms with Crippen molar-refractivity contribution in [1.82, 2.24) is 10.3 Å². The normalized spacial score (nSPS) is 11.9. The summed E-state index contributed by atoms with van der Waals surface area (Å²) in [4.78, 5) is 28.6. The Hall–Kier alpha value is -2.21. The number of carboxylic acid groups (broad SMARTS) is 1. The average Bonchev–Trinajstić information content (AvgIpc) is 2.86. The van der Waals surface area contributed by atoms with E-state index in [1.807, 2.05) is 6.92 Å². The second-order valence-corrected chi connectivity index (χ2v) is 6.01. The molecule has 6 heteroatoms. The molecule has 0 bridgehead atoms. The number of rotatable bonds is 6. The van der Waals surface area contributed by atoms with Crippen LogP contribution in [0.1, 0.15) is 45.3 Å². The van der Waals surface area contributed by atoms with Gasteiger partial charge in [0, 0.05) is 0 Å². The second-order valence-electron chi connectivity index (χ2n) is 4.93. The second kappa shape index (κ2) is 7.17. The summed E-state index contributed by atoms with van der Waals surface area (Å²) >= 11 is 1.32. The van der Waals surface area contributed by atoms with Gasteiger partial charge in [0.05, 0.1) is 10.7 Å². The smallest absolute Gasteiger partial charge is 0.330 e. The van der Waals surface area contributed by atoms with Crippen LogP contribution in [-0.4, -0.2) is 22.0 Å². The van der Waals surface area contributed by atoms with Crippen LogP contribution in [0.2, 0.25) is 0 Å². The third kappa shape index (κ3) is 3.71. The summed E-state index contributed by atoms with van der Waals surface area (Å²) in [5.74, 6) is -1.48. The largest absolute Gasteiger partial charge is 0.479 e. The first-order valence-corrected chi connectivity index (χ1v) is 7.89. The molecule has 0 fully saturated rings. The molecule has 0 unspecified atom stereocenters. The molecular formula is C16H18N2O3S. The molecule has 5 nitrogen and oxygen atoms in total. The van der Waals surface area contributed by atoms with E-state index in [4.69, 9.17) is 0 Å². The molecule has 2 N–H and O–H groups in total. The van der Waals surface area contributed by atoms with Crippen LogP contribution in [0, 0.1) is 6.92 Å². The highest BCUT2D eigenvalue weighted by atomic mass is 32.1. The Bertz CT molecular complexity index is 667. The maximum absolute atomic E-state index is 12.4. The molecule has 2 rings (SSSR count). The summed E-state index contributed by atoms with van der Waals surface area (Å²) in [6, 6.07) is 7.59. The number of hydrogen-bond donors (Lipinski definition) is 2. The first-order valence-electron chi connectivity index (χ1n) is 7.07. The highest BCUT2D eigenvalue weighted by Gasteiger charge is 2.24. The molecule has 1 aromatic carbocycles. The lowest BCUT2D eigenvalue weighted by atomic mass is 10.1. The van der Waals surface area contributed by atoms with Crippen LogP contribution in [-0.2, 0) is 11.2 Å². The predicted molar refractivity (Wildman–Crippen MR) is 85.1 cm³/mol. The number of thiazole rings is 1. The topological polar surface area (TPSA) is 79.3 Å². The number of nitrogens with one attached hydrogen (secondary N) is 1. The van der Waals surface area contributed by atoms with E-state index in [0.717, 1.165) is 17.8 Å². The molecule has 116 valence electrons. The third-order valence-corrected chi connectivity index (χ3v) is 4.38. The van der Waals surface area contributed by atoms with Crippen molar-refractivity contribution in [3.63, 3.8) is 0 Å². The number of aryl methyl sites for hydroxylation is 2. The Morgan fingerprint density at radius 3 is 2.59 bits per heavy atom. The highest BCUT2D eigenvalue weighted by molar-refractivity contribution is 7.13. The van der Waals surface area contributed by atoms with Crippen LogP contribution in [0.15, 0.2) is 30.3 Å². The fraction of sp³-hybridized carbons (Fsp3) is 0.312. The van der Waals surface area contributed by atoms with Crippen LogP contribution in [0.3, 0.4) is 0 Å². The van der Waals surface area contributed by atoms with Crippen LogP contribution in [0.5, 0.6) is 0 Å². The molecule has 0 aliphatic rings. The van der Waals surface area contributed by atoms with Gasteiger partial charge in [-0.1, -0.05) is 37.3 Å². The van der Waals surface area contributed by atoms with Gasteiger partial charge in [0.2, 0.25) is 0 Å². The van der Waals surface area contributed by atoms with Crippen molar-refractivity contribution in [3.05, 3.63) is 51.5 Å². The van der Waals surface area contributed by atoms with Gasteiger partial charge in [-0.25, -0.2) is 9.78 Å². The minimum absolute atomic E-state index is 0.395. The van der Waals surface area contributed by atoms with E-state index in [9.17, 15) is 14.7 Å². The minimum Gasteiger partial charge on any atom is -0.479 e. The summed E-state index contributed by atoms with van der Waals surface area (Å²) in [5, 5.41) is 12.8. The van der Waals surface area contributed by atoms with Gasteiger partial charge in [0.1, 0.15) is 4.88 Å². The quantitative estimate of drug-likeness (QED) is 0.858. The van der Waals surface area contributed by atoms with E-state index in [-0.39, 0.29) is 0 Å². The van der Waals surface area contributed by atoms with E-state index in [0.29, 0.717) is 16.1 Å². The lowest BCUT2D eigenvalue weighted by Gasteiger charge is -2.14. The molecule has 0 saturated heterocycles. The zero-order chi connectivity index (χ0) is 16.1. The standard InChI is InChI=1S/C16H18N2O3S/c1-3-7-12-17-10(2)14(22-12)15(19)18-13(16(20)21)11-8-5-4-6-9-11/h4-6,8-9,13H,3,7H2,1-2H3,(H,18,19)(H,20,21)/t13-/m1/s1. The molecule has 1 atom stereocenters. The molecule has 1 amide bonds. The molecule has 0 saturated carbocycles. The fourth-order valence-electron chi connectivity index (χ4n) is 2.11. The lowest BCUT2D eigenvalue weighted by molar-refractivity contribution is -0.139. The van der Waals surface area contributed by atoms with Gasteiger partial charge < -0.3 is 10.4 Å². The molecule has 2 aromatic rings. The number of amides is 1. The maximum atomic E-state index is 12.4. The Morgan fingerprint density at radius 1 is 1.32 bits per heavy atom. The van der Waals surface area contributed by atoms with Crippen molar-refractivity contribution >= 4 is 23.2 Å². The number of hydrogen-bond acceptors (Lipinski definition) is 4. The molecule has 0 spiro atoms. The van der Waals surface area contributed by atoms with Crippen molar-refractivity contribution in [2.45, 2.75) is 32.7 Å². The number of carboxylic acids is 1. The fourth-order valence-corrected chi connectivity index (χ4v) is 3.18. The van der Waals surface area contributed by atoms with Gasteiger partial charge in [-0.05, 0) is 25.3 Å². The van der Waals surface area contributed by atoms with Crippen molar-refractivity contribution < 1.29 is 14.7 Å². The van der Waals surface area contributed by atoms with Crippen molar-refractivity contribution in [3.8, 4) is 0 Å². The summed E-state index contributed by atoms with van der Waals surface area (Å²) in [6.45, 7) is 3.81. The van der Waals surface area contributed by atoms with E-state index in [2.05, 4.69) is 10.3 Å². The van der Waals surface area contributed by atoms with Crippen LogP contribution in [0.4, 0.5) is 0 Å². The van der Waals surface area contributed by atoms with Crippen molar-refractivity contribution in [2.24, 2.45) is 0 Å². The van der Waals surface area contributed by atoms with Crippen LogP contribution >= 0.6 is 11.3 Å². The molecule has 1 aromatic heterocycles. The molecule has 0 aliphatic carbocycles. The zero-order valence-electron chi connectivity index (χ0n) is 12.5. The lowest BCUT2D eigenvalue weighted by Crippen LogP contribution is -2.33. The molecule has 22 heavy (non-hydrogen) atoms. The number of aliphatic carboxylic acids is 1. The molecule has 0 aliphatic heterocycles. The van der Waals surface area contributed by atoms with Gasteiger partial charge in [-0.15, -0.1) is 11.3 Å². The molecule has 0 radical (unpaired) electrons. The first-order chi connectivity index (χ1) is 10.5. The summed E-state index contributed by atoms with van der Waals surface area (Å²) in [5.41, 5.74) is 1.18. The number of nitrogens with zero attached hydrogens (tertiary/aromatic N) is 1. The Kier molecular flexibility index (Phi) is 5.27. The summed E-state index contributed by atoms with van der Waals surface area (Å²) in [7, 11) is 0.